The van der Waals surface area contributed by atoms with Gasteiger partial charge in [0.15, 0.2) is 0 Å². The van der Waals surface area contributed by atoms with Gasteiger partial charge in [0.1, 0.15) is 8.07 Å². The lowest BCUT2D eigenvalue weighted by atomic mass is 9.72. The smallest absolute Gasteiger partial charge is 0.210 e. The lowest BCUT2D eigenvalue weighted by Gasteiger charge is -2.34. The Morgan fingerprint density at radius 3 is 1.78 bits per heavy atom. The van der Waals surface area contributed by atoms with Gasteiger partial charge in [0, 0.05) is 18.4 Å². The van der Waals surface area contributed by atoms with Crippen LogP contribution in [0.25, 0.3) is 0 Å². The predicted octanol–water partition coefficient (Wildman–Crippen LogP) is 5.53. The first-order valence-electron chi connectivity index (χ1n) is 10.8. The molecule has 0 fully saturated rings. The minimum Gasteiger partial charge on any atom is -0.210 e. The minimum absolute atomic E-state index is 0.220. The molecule has 166 valence electrons. The van der Waals surface area contributed by atoms with Gasteiger partial charge in [0.05, 0.1) is 4.90 Å². The average molecular weight is 462 g/mol. The van der Waals surface area contributed by atoms with Crippen LogP contribution in [0.4, 0.5) is 0 Å². The highest BCUT2D eigenvalue weighted by Crippen LogP contribution is 2.35. The molecule has 0 bridgehead atoms. The monoisotopic (exact) mass is 461 g/mol. The Kier molecular flexibility index (Phi) is 7.40. The molecule has 0 saturated heterocycles. The molecule has 0 amide bonds. The van der Waals surface area contributed by atoms with Crippen molar-refractivity contribution in [3.8, 4) is 11.5 Å². The summed E-state index contributed by atoms with van der Waals surface area (Å²) < 4.78 is 29.2. The molecule has 0 aromatic heterocycles. The summed E-state index contributed by atoms with van der Waals surface area (Å²) in [7, 11) is -5.25. The third-order valence-electron chi connectivity index (χ3n) is 5.40. The number of nitrogens with one attached hydrogen (secondary N) is 1. The maximum atomic E-state index is 13.1. The summed E-state index contributed by atoms with van der Waals surface area (Å²) in [6.45, 7) is 8.81. The maximum Gasteiger partial charge on any atom is 0.240 e. The third-order valence-corrected chi connectivity index (χ3v) is 7.75. The summed E-state index contributed by atoms with van der Waals surface area (Å²) in [6, 6.07) is 27.1. The topological polar surface area (TPSA) is 46.2 Å². The molecule has 3 nitrogen and oxygen atoms in total. The van der Waals surface area contributed by atoms with Crippen molar-refractivity contribution in [3.63, 3.8) is 0 Å². The summed E-state index contributed by atoms with van der Waals surface area (Å²) in [6.07, 6.45) is 0.529. The summed E-state index contributed by atoms with van der Waals surface area (Å²) in [5, 5.41) is 0. The second kappa shape index (κ2) is 9.87. The summed E-state index contributed by atoms with van der Waals surface area (Å²) in [5.74, 6) is 3.42. The number of hydrogen-bond acceptors (Lipinski definition) is 2. The van der Waals surface area contributed by atoms with Crippen LogP contribution < -0.4 is 4.72 Å². The molecule has 3 rings (SSSR count). The Morgan fingerprint density at radius 2 is 1.31 bits per heavy atom. The van der Waals surface area contributed by atoms with Gasteiger partial charge in [-0.15, -0.1) is 11.5 Å². The molecule has 0 aliphatic heterocycles. The zero-order valence-electron chi connectivity index (χ0n) is 19.2. The molecule has 0 aliphatic rings. The molecule has 1 N–H and O–H groups in total. The molecule has 0 atom stereocenters. The lowest BCUT2D eigenvalue weighted by Crippen LogP contribution is -2.41. The molecular weight excluding hydrogens is 430 g/mol. The Morgan fingerprint density at radius 1 is 0.812 bits per heavy atom. The van der Waals surface area contributed by atoms with Crippen LogP contribution in [0.15, 0.2) is 89.8 Å². The van der Waals surface area contributed by atoms with E-state index in [1.807, 2.05) is 55.5 Å². The molecule has 3 aromatic rings. The Hall–Kier alpha value is -2.65. The van der Waals surface area contributed by atoms with Crippen molar-refractivity contribution in [3.05, 3.63) is 102 Å². The Labute approximate surface area is 194 Å². The summed E-state index contributed by atoms with van der Waals surface area (Å²) in [4.78, 5) is 0.270. The van der Waals surface area contributed by atoms with Gasteiger partial charge in [0.25, 0.3) is 0 Å². The number of aryl methyl sites for hydroxylation is 1. The predicted molar refractivity (Wildman–Crippen MR) is 136 cm³/mol. The SMILES string of the molecule is Cc1ccc(S(=O)(=O)NCC(CC#C[Si](C)(C)C)(c2ccccc2)c2ccccc2)cc1. The van der Waals surface area contributed by atoms with Gasteiger partial charge in [-0.05, 0) is 30.2 Å². The quantitative estimate of drug-likeness (QED) is 0.371. The van der Waals surface area contributed by atoms with Crippen molar-refractivity contribution in [2.45, 2.75) is 43.3 Å². The van der Waals surface area contributed by atoms with Crippen LogP contribution in [0.5, 0.6) is 0 Å². The Balaban J connectivity index is 2.07. The Bertz CT molecular complexity index is 1150. The fourth-order valence-corrected chi connectivity index (χ4v) is 5.35. The fraction of sp³-hybridized carbons (Fsp3) is 0.259. The van der Waals surface area contributed by atoms with E-state index in [1.165, 1.54) is 0 Å². The van der Waals surface area contributed by atoms with Gasteiger partial charge >= 0.3 is 0 Å². The van der Waals surface area contributed by atoms with Crippen LogP contribution in [-0.4, -0.2) is 23.0 Å². The molecule has 0 radical (unpaired) electrons. The van der Waals surface area contributed by atoms with Crippen LogP contribution in [0, 0.1) is 18.4 Å². The van der Waals surface area contributed by atoms with E-state index in [2.05, 4.69) is 60.1 Å². The van der Waals surface area contributed by atoms with Crippen molar-refractivity contribution in [2.75, 3.05) is 6.54 Å². The van der Waals surface area contributed by atoms with Crippen LogP contribution in [0.1, 0.15) is 23.1 Å². The molecule has 32 heavy (non-hydrogen) atoms. The average Bonchev–Trinajstić information content (AvgIpc) is 2.77. The van der Waals surface area contributed by atoms with Gasteiger partial charge in [-0.1, -0.05) is 98.0 Å². The fourth-order valence-electron chi connectivity index (χ4n) is 3.63. The zero-order valence-corrected chi connectivity index (χ0v) is 21.0. The maximum absolute atomic E-state index is 13.1. The van der Waals surface area contributed by atoms with Crippen molar-refractivity contribution >= 4 is 18.1 Å². The molecule has 0 heterocycles. The second-order valence-corrected chi connectivity index (χ2v) is 15.7. The highest BCUT2D eigenvalue weighted by Gasteiger charge is 2.35. The number of hydrogen-bond donors (Lipinski definition) is 1. The molecule has 5 heteroatoms. The van der Waals surface area contributed by atoms with E-state index < -0.39 is 23.5 Å². The van der Waals surface area contributed by atoms with Crippen LogP contribution >= 0.6 is 0 Å². The summed E-state index contributed by atoms with van der Waals surface area (Å²) in [5.41, 5.74) is 5.97. The molecule has 0 aliphatic carbocycles. The first-order valence-corrected chi connectivity index (χ1v) is 15.8. The summed E-state index contributed by atoms with van der Waals surface area (Å²) >= 11 is 0. The van der Waals surface area contributed by atoms with Crippen molar-refractivity contribution in [2.24, 2.45) is 0 Å². The van der Waals surface area contributed by atoms with E-state index >= 15 is 0 Å². The van der Waals surface area contributed by atoms with Gasteiger partial charge in [0.2, 0.25) is 10.0 Å². The lowest BCUT2D eigenvalue weighted by molar-refractivity contribution is 0.504. The van der Waals surface area contributed by atoms with E-state index in [-0.39, 0.29) is 11.4 Å². The third kappa shape index (κ3) is 5.98. The minimum atomic E-state index is -3.67. The van der Waals surface area contributed by atoms with Gasteiger partial charge in [-0.25, -0.2) is 13.1 Å². The van der Waals surface area contributed by atoms with Crippen LogP contribution in [-0.2, 0) is 15.4 Å². The van der Waals surface area contributed by atoms with Crippen molar-refractivity contribution in [1.82, 2.24) is 4.72 Å². The number of sulfonamides is 1. The second-order valence-electron chi connectivity index (χ2n) is 9.18. The van der Waals surface area contributed by atoms with E-state index in [4.69, 9.17) is 0 Å². The van der Waals surface area contributed by atoms with Crippen molar-refractivity contribution in [1.29, 1.82) is 0 Å². The largest absolute Gasteiger partial charge is 0.240 e. The van der Waals surface area contributed by atoms with Gasteiger partial charge in [-0.3, -0.25) is 0 Å². The van der Waals surface area contributed by atoms with Gasteiger partial charge in [-0.2, -0.15) is 0 Å². The molecule has 0 saturated carbocycles. The highest BCUT2D eigenvalue weighted by molar-refractivity contribution is 7.89. The number of rotatable bonds is 7. The standard InChI is InChI=1S/C27H31NO2SSi/c1-23-16-18-26(19-17-23)31(29,30)28-22-27(20-11-21-32(2,3)4,24-12-7-5-8-13-24)25-14-9-6-10-15-25/h5-10,12-19,28H,20,22H2,1-4H3. The highest BCUT2D eigenvalue weighted by atomic mass is 32.2. The van der Waals surface area contributed by atoms with Crippen LogP contribution in [0.2, 0.25) is 19.6 Å². The van der Waals surface area contributed by atoms with Gasteiger partial charge < -0.3 is 0 Å². The first-order chi connectivity index (χ1) is 15.1. The molecule has 0 unspecified atom stereocenters. The molecule has 0 spiro atoms. The normalized spacial score (nSPS) is 12.1. The number of benzene rings is 3. The van der Waals surface area contributed by atoms with E-state index in [0.717, 1.165) is 16.7 Å². The van der Waals surface area contributed by atoms with E-state index in [9.17, 15) is 8.42 Å². The molecule has 3 aromatic carbocycles. The molecular formula is C27H31NO2SSi. The first kappa shape index (κ1) is 24.0. The van der Waals surface area contributed by atoms with E-state index in [0.29, 0.717) is 6.42 Å². The van der Waals surface area contributed by atoms with Crippen molar-refractivity contribution < 1.29 is 8.42 Å². The van der Waals surface area contributed by atoms with E-state index in [1.54, 1.807) is 12.1 Å². The zero-order chi connectivity index (χ0) is 23.2. The van der Waals surface area contributed by atoms with Crippen LogP contribution in [0.3, 0.4) is 0 Å².